The van der Waals surface area contributed by atoms with Crippen molar-refractivity contribution in [3.8, 4) is 0 Å². The van der Waals surface area contributed by atoms with Gasteiger partial charge in [-0.15, -0.1) is 0 Å². The van der Waals surface area contributed by atoms with E-state index in [1.807, 2.05) is 4.90 Å². The molecule has 15 heteroatoms. The summed E-state index contributed by atoms with van der Waals surface area (Å²) in [6.07, 6.45) is -11.4. The highest BCUT2D eigenvalue weighted by molar-refractivity contribution is 7.86. The Morgan fingerprint density at radius 1 is 0.941 bits per heavy atom. The van der Waals surface area contributed by atoms with E-state index in [1.165, 1.54) is 0 Å². The molecule has 0 fully saturated rings. The van der Waals surface area contributed by atoms with Crippen molar-refractivity contribution in [3.63, 3.8) is 0 Å². The number of halogens is 5. The van der Waals surface area contributed by atoms with Gasteiger partial charge < -0.3 is 23.5 Å². The molecule has 0 N–H and O–H groups in total. The van der Waals surface area contributed by atoms with Crippen LogP contribution in [0.15, 0.2) is 24.7 Å². The lowest BCUT2D eigenvalue weighted by Gasteiger charge is -2.29. The Morgan fingerprint density at radius 3 is 1.82 bits per heavy atom. The second kappa shape index (κ2) is 14.4. The van der Waals surface area contributed by atoms with Gasteiger partial charge in [0.1, 0.15) is 13.2 Å². The van der Waals surface area contributed by atoms with Crippen molar-refractivity contribution in [1.29, 1.82) is 0 Å². The molecule has 0 saturated carbocycles. The van der Waals surface area contributed by atoms with Crippen LogP contribution in [0.25, 0.3) is 0 Å². The Kier molecular flexibility index (Phi) is 13.6. The number of nitrogens with zero attached hydrogens (tertiary/aromatic N) is 1. The summed E-state index contributed by atoms with van der Waals surface area (Å²) in [6.45, 7) is 12.8. The number of alkyl halides is 5. The van der Waals surface area contributed by atoms with Crippen molar-refractivity contribution in [1.82, 2.24) is 4.90 Å². The Balaban J connectivity index is 4.52. The van der Waals surface area contributed by atoms with Crippen molar-refractivity contribution in [2.45, 2.75) is 44.2 Å². The molecule has 0 aromatic rings. The van der Waals surface area contributed by atoms with Crippen LogP contribution < -0.4 is 0 Å². The van der Waals surface area contributed by atoms with E-state index < -0.39 is 40.0 Å². The molecular weight excluding hydrogens is 497 g/mol. The smallest absolute Gasteiger partial charge is 0.432 e. The third-order valence-electron chi connectivity index (χ3n) is 3.92. The lowest BCUT2D eigenvalue weighted by Crippen LogP contribution is -2.52. The fraction of sp³-hybridized carbons (Fsp3) is 0.737. The molecule has 0 aliphatic rings. The molecule has 1 unspecified atom stereocenters. The normalized spacial score (nSPS) is 13.4. The van der Waals surface area contributed by atoms with E-state index in [0.717, 1.165) is 0 Å². The fourth-order valence-corrected chi connectivity index (χ4v) is 2.74. The van der Waals surface area contributed by atoms with Gasteiger partial charge in [0.05, 0.1) is 18.1 Å². The molecule has 0 saturated heterocycles. The zero-order valence-electron chi connectivity index (χ0n) is 18.9. The summed E-state index contributed by atoms with van der Waals surface area (Å²) in [6, 6.07) is 0. The predicted molar refractivity (Wildman–Crippen MR) is 109 cm³/mol. The van der Waals surface area contributed by atoms with Crippen LogP contribution in [0.5, 0.6) is 0 Å². The molecular formula is C19H29F5NO8S-. The maximum atomic E-state index is 13.3. The fourth-order valence-electron chi connectivity index (χ4n) is 2.30. The number of carbonyl (C=O) groups excluding carboxylic acids is 1. The average molecular weight is 526 g/mol. The van der Waals surface area contributed by atoms with Crippen molar-refractivity contribution in [3.05, 3.63) is 24.7 Å². The molecule has 200 valence electrons. The van der Waals surface area contributed by atoms with Crippen LogP contribution in [0.4, 0.5) is 22.0 Å². The number of hydrogen-bond acceptors (Lipinski definition) is 9. The van der Waals surface area contributed by atoms with Crippen LogP contribution >= 0.6 is 0 Å². The van der Waals surface area contributed by atoms with E-state index in [0.29, 0.717) is 44.4 Å². The highest BCUT2D eigenvalue weighted by Gasteiger charge is 2.62. The van der Waals surface area contributed by atoms with Crippen LogP contribution in [0, 0.1) is 0 Å². The Hall–Kier alpha value is -1.97. The van der Waals surface area contributed by atoms with Crippen LogP contribution in [-0.2, 0) is 33.9 Å². The maximum Gasteiger partial charge on any atom is 0.432 e. The van der Waals surface area contributed by atoms with Crippen molar-refractivity contribution in [2.75, 3.05) is 46.1 Å². The first kappa shape index (κ1) is 32.0. The third-order valence-corrected chi connectivity index (χ3v) is 4.80. The van der Waals surface area contributed by atoms with Crippen molar-refractivity contribution >= 4 is 16.1 Å². The van der Waals surface area contributed by atoms with Gasteiger partial charge in [0.2, 0.25) is 0 Å². The van der Waals surface area contributed by atoms with Gasteiger partial charge in [-0.25, -0.2) is 8.42 Å². The van der Waals surface area contributed by atoms with E-state index in [4.69, 9.17) is 14.2 Å². The SMILES string of the molecule is C=C(C)OCCN(CCOCCCC(=O)OC(C(F)(F)F)C(F)(F)S(=O)(=O)[O-])CCOC(=C)C. The number of hydrogen-bond donors (Lipinski definition) is 0. The molecule has 0 aliphatic heterocycles. The predicted octanol–water partition coefficient (Wildman–Crippen LogP) is 2.80. The summed E-state index contributed by atoms with van der Waals surface area (Å²) >= 11 is 0. The summed E-state index contributed by atoms with van der Waals surface area (Å²) < 4.78 is 116. The maximum absolute atomic E-state index is 13.3. The molecule has 0 rings (SSSR count). The van der Waals surface area contributed by atoms with Gasteiger partial charge in [0, 0.05) is 32.7 Å². The number of esters is 1. The molecule has 0 spiro atoms. The van der Waals surface area contributed by atoms with E-state index in [2.05, 4.69) is 17.9 Å². The monoisotopic (exact) mass is 526 g/mol. The molecule has 1 atom stereocenters. The summed E-state index contributed by atoms with van der Waals surface area (Å²) in [7, 11) is -6.73. The van der Waals surface area contributed by atoms with Crippen LogP contribution in [0.1, 0.15) is 26.7 Å². The first-order chi connectivity index (χ1) is 15.5. The third kappa shape index (κ3) is 13.1. The Bertz CT molecular complexity index is 753. The van der Waals surface area contributed by atoms with Crippen LogP contribution in [0.2, 0.25) is 0 Å². The first-order valence-electron chi connectivity index (χ1n) is 9.94. The molecule has 0 aromatic heterocycles. The van der Waals surface area contributed by atoms with E-state index in [-0.39, 0.29) is 19.6 Å². The number of carbonyl (C=O) groups is 1. The van der Waals surface area contributed by atoms with Crippen molar-refractivity contribution < 1.29 is 58.7 Å². The average Bonchev–Trinajstić information content (AvgIpc) is 2.65. The van der Waals surface area contributed by atoms with Crippen LogP contribution in [0.3, 0.4) is 0 Å². The summed E-state index contributed by atoms with van der Waals surface area (Å²) in [5.74, 6) is -0.677. The van der Waals surface area contributed by atoms with Gasteiger partial charge in [-0.1, -0.05) is 13.2 Å². The van der Waals surface area contributed by atoms with Crippen molar-refractivity contribution in [2.24, 2.45) is 0 Å². The summed E-state index contributed by atoms with van der Waals surface area (Å²) in [5, 5.41) is -5.87. The molecule has 9 nitrogen and oxygen atoms in total. The second-order valence-electron chi connectivity index (χ2n) is 7.09. The Labute approximate surface area is 195 Å². The largest absolute Gasteiger partial charge is 0.743 e. The van der Waals surface area contributed by atoms with E-state index in [1.54, 1.807) is 13.8 Å². The highest BCUT2D eigenvalue weighted by Crippen LogP contribution is 2.38. The minimum atomic E-state index is -6.73. The van der Waals surface area contributed by atoms with Gasteiger partial charge in [-0.05, 0) is 20.3 Å². The van der Waals surface area contributed by atoms with Gasteiger partial charge in [0.15, 0.2) is 10.1 Å². The Morgan fingerprint density at radius 2 is 1.41 bits per heavy atom. The quantitative estimate of drug-likeness (QED) is 0.0874. The zero-order valence-corrected chi connectivity index (χ0v) is 19.7. The number of allylic oxidation sites excluding steroid dienone is 2. The molecule has 0 aromatic carbocycles. The molecule has 0 heterocycles. The highest BCUT2D eigenvalue weighted by atomic mass is 32.2. The standard InChI is InChI=1S/C19H30F5NO8S/c1-14(2)31-12-8-25(9-13-32-15(3)4)7-11-30-10-5-6-16(26)33-17(18(20,21)22)19(23,24)34(27,28)29/h17H,1,3,5-13H2,2,4H3,(H,27,28,29)/p-1. The molecule has 0 amide bonds. The second-order valence-corrected chi connectivity index (χ2v) is 8.54. The molecule has 0 radical (unpaired) electrons. The number of rotatable bonds is 18. The van der Waals surface area contributed by atoms with Gasteiger partial charge >= 0.3 is 17.4 Å². The lowest BCUT2D eigenvalue weighted by molar-refractivity contribution is -0.259. The molecule has 34 heavy (non-hydrogen) atoms. The molecule has 0 aliphatic carbocycles. The summed E-state index contributed by atoms with van der Waals surface area (Å²) in [5.41, 5.74) is 0. The van der Waals surface area contributed by atoms with Crippen LogP contribution in [-0.4, -0.2) is 87.4 Å². The van der Waals surface area contributed by atoms with Gasteiger partial charge in [0.25, 0.3) is 6.10 Å². The van der Waals surface area contributed by atoms with Gasteiger partial charge in [-0.3, -0.25) is 9.69 Å². The topological polar surface area (TPSA) is 114 Å². The van der Waals surface area contributed by atoms with Gasteiger partial charge in [-0.2, -0.15) is 22.0 Å². The number of ether oxygens (including phenoxy) is 4. The zero-order chi connectivity index (χ0) is 26.6. The molecule has 0 bridgehead atoms. The van der Waals surface area contributed by atoms with E-state index >= 15 is 0 Å². The lowest BCUT2D eigenvalue weighted by atomic mass is 10.3. The summed E-state index contributed by atoms with van der Waals surface area (Å²) in [4.78, 5) is 13.4. The minimum Gasteiger partial charge on any atom is -0.743 e. The first-order valence-corrected chi connectivity index (χ1v) is 11.4. The van der Waals surface area contributed by atoms with E-state index in [9.17, 15) is 39.7 Å². The minimum absolute atomic E-state index is 0.125.